The summed E-state index contributed by atoms with van der Waals surface area (Å²) in [6.45, 7) is 0. The van der Waals surface area contributed by atoms with Gasteiger partial charge in [-0.25, -0.2) is 0 Å². The maximum absolute atomic E-state index is 11.6. The van der Waals surface area contributed by atoms with E-state index in [0.717, 1.165) is 0 Å². The van der Waals surface area contributed by atoms with Crippen LogP contribution in [0.15, 0.2) is 20.5 Å². The van der Waals surface area contributed by atoms with Crippen LogP contribution in [0.1, 0.15) is 0 Å². The van der Waals surface area contributed by atoms with Crippen molar-refractivity contribution in [2.75, 3.05) is 14.2 Å². The molecule has 0 amide bonds. The summed E-state index contributed by atoms with van der Waals surface area (Å²) in [7, 11) is 2.71. The Balaban J connectivity index is 3.28. The summed E-state index contributed by atoms with van der Waals surface area (Å²) in [5.74, 6) is -0.428. The van der Waals surface area contributed by atoms with Crippen LogP contribution in [0.4, 0.5) is 0 Å². The molecule has 0 unspecified atom stereocenters. The van der Waals surface area contributed by atoms with Gasteiger partial charge in [-0.3, -0.25) is 9.59 Å². The van der Waals surface area contributed by atoms with Gasteiger partial charge in [-0.15, -0.1) is 0 Å². The highest BCUT2D eigenvalue weighted by Gasteiger charge is 2.38. The minimum absolute atomic E-state index is 0.0372. The Kier molecular flexibility index (Phi) is 3.49. The zero-order valence-electron chi connectivity index (χ0n) is 7.43. The van der Waals surface area contributed by atoms with Crippen LogP contribution in [0.3, 0.4) is 0 Å². The topological polar surface area (TPSA) is 56.9 Å². The molecule has 1 N–H and O–H groups in total. The van der Waals surface area contributed by atoms with E-state index in [1.54, 1.807) is 0 Å². The molecule has 0 saturated carbocycles. The normalized spacial score (nSPS) is 17.7. The van der Waals surface area contributed by atoms with Crippen molar-refractivity contribution in [2.24, 2.45) is 0 Å². The molecule has 4 nitrogen and oxygen atoms in total. The number of carbonyl (C=O) groups is 1. The van der Waals surface area contributed by atoms with Crippen molar-refractivity contribution in [3.63, 3.8) is 0 Å². The lowest BCUT2D eigenvalue weighted by atomic mass is 10.1. The van der Waals surface area contributed by atoms with Gasteiger partial charge in [0.1, 0.15) is 4.48 Å². The van der Waals surface area contributed by atoms with E-state index < -0.39 is 0 Å². The summed E-state index contributed by atoms with van der Waals surface area (Å²) in [5.41, 5.74) is 0. The third kappa shape index (κ3) is 1.64. The van der Waals surface area contributed by atoms with Gasteiger partial charge in [0.15, 0.2) is 10.2 Å². The quantitative estimate of drug-likeness (QED) is 0.572. The van der Waals surface area contributed by atoms with E-state index >= 15 is 0 Å². The first-order valence-electron chi connectivity index (χ1n) is 3.53. The molecule has 1 aliphatic rings. The van der Waals surface area contributed by atoms with E-state index in [0.29, 0.717) is 0 Å². The molecule has 0 radical (unpaired) electrons. The largest absolute Gasteiger partial charge is 0.491 e. The second-order valence-corrected chi connectivity index (χ2v) is 3.96. The van der Waals surface area contributed by atoms with E-state index in [1.807, 2.05) is 0 Å². The zero-order valence-corrected chi connectivity index (χ0v) is 10.6. The minimum Gasteiger partial charge on any atom is -0.491 e. The van der Waals surface area contributed by atoms with Crippen LogP contribution in [-0.2, 0) is 14.3 Å². The predicted octanol–water partition coefficient (Wildman–Crippen LogP) is 1.62. The second kappa shape index (κ2) is 4.27. The predicted molar refractivity (Wildman–Crippen MR) is 57.9 cm³/mol. The van der Waals surface area contributed by atoms with E-state index in [9.17, 15) is 9.59 Å². The van der Waals surface area contributed by atoms with Gasteiger partial charge >= 0.3 is 5.78 Å². The van der Waals surface area contributed by atoms with Gasteiger partial charge in [-0.05, 0) is 31.9 Å². The van der Waals surface area contributed by atoms with Crippen molar-refractivity contribution < 1.29 is 19.1 Å². The van der Waals surface area contributed by atoms with Crippen molar-refractivity contribution in [1.29, 1.82) is 0 Å². The number of hydrogen-bond acceptors (Lipinski definition) is 3. The van der Waals surface area contributed by atoms with Gasteiger partial charge in [0.25, 0.3) is 0 Å². The Bertz CT molecular complexity index is 332. The molecular weight excluding hydrogens is 320 g/mol. The van der Waals surface area contributed by atoms with Crippen LogP contribution in [0.2, 0.25) is 0 Å². The number of carbonyl (C=O) groups excluding carboxylic acids is 2. The van der Waals surface area contributed by atoms with Gasteiger partial charge < -0.3 is 9.47 Å². The Morgan fingerprint density at radius 1 is 1.07 bits per heavy atom. The van der Waals surface area contributed by atoms with E-state index in [1.165, 1.54) is 14.2 Å². The number of allylic oxidation sites excluding steroid dienone is 2. The Labute approximate surface area is 97.2 Å². The number of ether oxygens (including phenoxy) is 2. The Morgan fingerprint density at radius 2 is 1.57 bits per heavy atom. The molecule has 0 aromatic rings. The summed E-state index contributed by atoms with van der Waals surface area (Å²) < 4.78 is 10.0. The lowest BCUT2D eigenvalue weighted by Crippen LogP contribution is -2.21. The van der Waals surface area contributed by atoms with Gasteiger partial charge in [-0.2, -0.15) is 0 Å². The number of halogens is 2. The van der Waals surface area contributed by atoms with Crippen molar-refractivity contribution in [1.82, 2.24) is 0 Å². The number of methoxy groups -OCH3 is 2. The van der Waals surface area contributed by atoms with Crippen molar-refractivity contribution in [3.8, 4) is 0 Å². The first-order chi connectivity index (χ1) is 6.54. The smallest absolute Gasteiger partial charge is 0.400 e. The lowest BCUT2D eigenvalue weighted by Gasteiger charge is -2.12. The number of Topliss-reactive ketones (excluding diaryl/α,β-unsaturated/α-hetero) is 1. The maximum Gasteiger partial charge on any atom is 0.400 e. The molecule has 0 aliphatic heterocycles. The first-order valence-corrected chi connectivity index (χ1v) is 5.12. The number of hydrogen-bond donors (Lipinski definition) is 0. The molecule has 0 bridgehead atoms. The van der Waals surface area contributed by atoms with Crippen molar-refractivity contribution in [2.45, 2.75) is 0 Å². The van der Waals surface area contributed by atoms with Crippen LogP contribution in [-0.4, -0.2) is 30.6 Å². The zero-order chi connectivity index (χ0) is 10.9. The SMILES string of the molecule is COC1=C(Br)C(=[OH+])C(OC)=C(Br)C1=O. The highest BCUT2D eigenvalue weighted by molar-refractivity contribution is 9.12. The van der Waals surface area contributed by atoms with E-state index in [2.05, 4.69) is 31.9 Å². The summed E-state index contributed by atoms with van der Waals surface area (Å²) >= 11 is 6.06. The van der Waals surface area contributed by atoms with Crippen LogP contribution >= 0.6 is 31.9 Å². The van der Waals surface area contributed by atoms with Crippen LogP contribution < -0.4 is 0 Å². The molecule has 1 rings (SSSR count). The van der Waals surface area contributed by atoms with Crippen molar-refractivity contribution >= 4 is 43.4 Å². The highest BCUT2D eigenvalue weighted by Crippen LogP contribution is 2.31. The van der Waals surface area contributed by atoms with Crippen molar-refractivity contribution in [3.05, 3.63) is 20.5 Å². The van der Waals surface area contributed by atoms with Gasteiger partial charge in [0.05, 0.1) is 14.2 Å². The van der Waals surface area contributed by atoms with E-state index in [-0.39, 0.29) is 32.0 Å². The fourth-order valence-corrected chi connectivity index (χ4v) is 2.03. The monoisotopic (exact) mass is 325 g/mol. The molecular formula is C8H7Br2O4+. The molecule has 0 saturated heterocycles. The molecule has 1 aliphatic carbocycles. The second-order valence-electron chi connectivity index (χ2n) is 2.37. The fraction of sp³-hybridized carbons (Fsp3) is 0.250. The summed E-state index contributed by atoms with van der Waals surface area (Å²) in [6.07, 6.45) is 0. The number of ketones is 2. The van der Waals surface area contributed by atoms with Gasteiger partial charge in [0.2, 0.25) is 11.5 Å². The number of rotatable bonds is 2. The van der Waals surface area contributed by atoms with Crippen LogP contribution in [0.25, 0.3) is 0 Å². The molecule has 14 heavy (non-hydrogen) atoms. The third-order valence-corrected chi connectivity index (χ3v) is 3.09. The summed E-state index contributed by atoms with van der Waals surface area (Å²) in [5, 5.41) is 0. The molecule has 0 aromatic carbocycles. The highest BCUT2D eigenvalue weighted by atomic mass is 79.9. The van der Waals surface area contributed by atoms with Crippen LogP contribution in [0, 0.1) is 0 Å². The lowest BCUT2D eigenvalue weighted by molar-refractivity contribution is -0.114. The molecule has 0 heterocycles. The molecule has 0 fully saturated rings. The molecule has 0 spiro atoms. The Hall–Kier alpha value is -0.620. The standard InChI is InChI=1S/C8H6Br2O4/c1-13-7-3(9)6(12)8(14-2)4(10)5(7)11/h1-2H3/p+1. The van der Waals surface area contributed by atoms with Crippen LogP contribution in [0.5, 0.6) is 0 Å². The fourth-order valence-electron chi connectivity index (χ4n) is 0.982. The average molecular weight is 327 g/mol. The summed E-state index contributed by atoms with van der Waals surface area (Å²) in [6, 6.07) is 0. The van der Waals surface area contributed by atoms with Gasteiger partial charge in [-0.1, -0.05) is 0 Å². The summed E-state index contributed by atoms with van der Waals surface area (Å²) in [4.78, 5) is 21.2. The molecule has 0 aromatic heterocycles. The van der Waals surface area contributed by atoms with E-state index in [4.69, 9.17) is 9.47 Å². The molecule has 0 atom stereocenters. The maximum atomic E-state index is 11.6. The Morgan fingerprint density at radius 3 is 2.00 bits per heavy atom. The third-order valence-electron chi connectivity index (χ3n) is 1.64. The average Bonchev–Trinajstić information content (AvgIpc) is 2.17. The molecule has 76 valence electrons. The molecule has 6 heteroatoms. The first kappa shape index (κ1) is 11.5. The minimum atomic E-state index is -0.381. The van der Waals surface area contributed by atoms with Gasteiger partial charge in [0, 0.05) is 0 Å².